The highest BCUT2D eigenvalue weighted by atomic mass is 16.7. The van der Waals surface area contributed by atoms with Crippen LogP contribution < -0.4 is 5.06 Å². The molecule has 96 valence electrons. The lowest BCUT2D eigenvalue weighted by Crippen LogP contribution is -2.25. The third-order valence-electron chi connectivity index (χ3n) is 3.32. The maximum atomic E-state index is 12.1. The number of benzene rings is 2. The summed E-state index contributed by atoms with van der Waals surface area (Å²) in [6.45, 7) is 2.71. The molecule has 0 N–H and O–H groups in total. The van der Waals surface area contributed by atoms with E-state index in [0.29, 0.717) is 5.56 Å². The van der Waals surface area contributed by atoms with E-state index in [4.69, 9.17) is 4.84 Å². The minimum absolute atomic E-state index is 0.309. The smallest absolute Gasteiger partial charge is 0.335 e. The molecule has 19 heavy (non-hydrogen) atoms. The van der Waals surface area contributed by atoms with Gasteiger partial charge in [0.15, 0.2) is 0 Å². The molecule has 3 rings (SSSR count). The highest BCUT2D eigenvalue weighted by molar-refractivity contribution is 5.90. The van der Waals surface area contributed by atoms with Gasteiger partial charge in [0.1, 0.15) is 0 Å². The molecule has 0 saturated heterocycles. The third kappa shape index (κ3) is 2.32. The largest absolute Gasteiger partial charge is 0.363 e. The van der Waals surface area contributed by atoms with Gasteiger partial charge in [0, 0.05) is 0 Å². The summed E-state index contributed by atoms with van der Waals surface area (Å²) in [6, 6.07) is 15.4. The fourth-order valence-corrected chi connectivity index (χ4v) is 2.25. The Hall–Kier alpha value is -2.29. The minimum atomic E-state index is -0.309. The average molecular weight is 253 g/mol. The number of rotatable bonds is 2. The molecule has 1 aliphatic heterocycles. The number of hydrogen-bond donors (Lipinski definition) is 0. The molecular weight excluding hydrogens is 238 g/mol. The Labute approximate surface area is 112 Å². The van der Waals surface area contributed by atoms with E-state index in [1.807, 2.05) is 37.3 Å². The van der Waals surface area contributed by atoms with Crippen LogP contribution in [-0.2, 0) is 11.3 Å². The van der Waals surface area contributed by atoms with Gasteiger partial charge in [0.2, 0.25) is 0 Å². The Morgan fingerprint density at radius 1 is 1.11 bits per heavy atom. The monoisotopic (exact) mass is 253 g/mol. The predicted molar refractivity (Wildman–Crippen MR) is 74.1 cm³/mol. The Kier molecular flexibility index (Phi) is 2.95. The summed E-state index contributed by atoms with van der Waals surface area (Å²) in [6.07, 6.45) is 0.914. The molecule has 1 aliphatic rings. The van der Waals surface area contributed by atoms with Crippen LogP contribution in [0.4, 0.5) is 5.69 Å². The van der Waals surface area contributed by atoms with Gasteiger partial charge >= 0.3 is 5.97 Å². The van der Waals surface area contributed by atoms with Crippen molar-refractivity contribution in [2.75, 3.05) is 11.6 Å². The number of fused-ring (bicyclic) bond motifs is 1. The van der Waals surface area contributed by atoms with Gasteiger partial charge in [-0.15, -0.1) is 0 Å². The van der Waals surface area contributed by atoms with Crippen LogP contribution in [0.5, 0.6) is 0 Å². The van der Waals surface area contributed by atoms with Crippen LogP contribution in [0.25, 0.3) is 0 Å². The first kappa shape index (κ1) is 11.8. The van der Waals surface area contributed by atoms with Crippen LogP contribution in [-0.4, -0.2) is 12.5 Å². The molecule has 0 aromatic heterocycles. The first-order chi connectivity index (χ1) is 9.24. The lowest BCUT2D eigenvalue weighted by atomic mass is 10.2. The maximum Gasteiger partial charge on any atom is 0.363 e. The number of nitrogens with zero attached hydrogens (tertiary/aromatic N) is 1. The van der Waals surface area contributed by atoms with Crippen molar-refractivity contribution < 1.29 is 9.63 Å². The number of hydrogen-bond acceptors (Lipinski definition) is 3. The van der Waals surface area contributed by atoms with E-state index in [0.717, 1.165) is 24.2 Å². The van der Waals surface area contributed by atoms with Crippen LogP contribution in [0.1, 0.15) is 21.5 Å². The molecule has 1 heterocycles. The number of aryl methyl sites for hydroxylation is 1. The normalized spacial score (nSPS) is 13.2. The summed E-state index contributed by atoms with van der Waals surface area (Å²) in [7, 11) is 0. The second-order valence-corrected chi connectivity index (χ2v) is 4.73. The van der Waals surface area contributed by atoms with Crippen LogP contribution in [0.2, 0.25) is 0 Å². The fraction of sp³-hybridized carbons (Fsp3) is 0.188. The van der Waals surface area contributed by atoms with Gasteiger partial charge in [-0.1, -0.05) is 35.9 Å². The molecular formula is C16H15NO2. The van der Waals surface area contributed by atoms with Gasteiger partial charge in [-0.25, -0.2) is 9.86 Å². The van der Waals surface area contributed by atoms with Crippen LogP contribution in [0.15, 0.2) is 48.5 Å². The summed E-state index contributed by atoms with van der Waals surface area (Å²) in [5, 5.41) is 1.68. The van der Waals surface area contributed by atoms with Crippen molar-refractivity contribution in [3.8, 4) is 0 Å². The quantitative estimate of drug-likeness (QED) is 0.823. The van der Waals surface area contributed by atoms with Crippen molar-refractivity contribution in [2.24, 2.45) is 0 Å². The lowest BCUT2D eigenvalue weighted by molar-refractivity contribution is 0.0461. The molecule has 0 amide bonds. The zero-order valence-electron chi connectivity index (χ0n) is 10.8. The number of para-hydroxylation sites is 1. The highest BCUT2D eigenvalue weighted by Crippen LogP contribution is 2.27. The summed E-state index contributed by atoms with van der Waals surface area (Å²) in [5.74, 6) is -0.309. The predicted octanol–water partition coefficient (Wildman–Crippen LogP) is 3.13. The van der Waals surface area contributed by atoms with Gasteiger partial charge < -0.3 is 4.84 Å². The average Bonchev–Trinajstić information content (AvgIpc) is 2.83. The molecule has 0 unspecified atom stereocenters. The third-order valence-corrected chi connectivity index (χ3v) is 3.32. The van der Waals surface area contributed by atoms with Gasteiger partial charge in [-0.2, -0.15) is 0 Å². The highest BCUT2D eigenvalue weighted by Gasteiger charge is 2.22. The van der Waals surface area contributed by atoms with Gasteiger partial charge in [-0.05, 0) is 37.1 Å². The van der Waals surface area contributed by atoms with E-state index in [9.17, 15) is 4.79 Å². The van der Waals surface area contributed by atoms with Gasteiger partial charge in [0.25, 0.3) is 0 Å². The Bertz CT molecular complexity index is 604. The number of carbonyl (C=O) groups excluding carboxylic acids is 1. The second kappa shape index (κ2) is 4.76. The first-order valence-corrected chi connectivity index (χ1v) is 6.38. The summed E-state index contributed by atoms with van der Waals surface area (Å²) < 4.78 is 0. The van der Waals surface area contributed by atoms with Gasteiger partial charge in [-0.3, -0.25) is 0 Å². The minimum Gasteiger partial charge on any atom is -0.335 e. The van der Waals surface area contributed by atoms with Crippen molar-refractivity contribution in [1.82, 2.24) is 0 Å². The summed E-state index contributed by atoms with van der Waals surface area (Å²) in [5.41, 5.74) is 3.92. The molecule has 0 saturated carbocycles. The SMILES string of the molecule is Cc1ccc(C(=O)ON2CCc3ccccc32)cc1. The van der Waals surface area contributed by atoms with E-state index < -0.39 is 0 Å². The van der Waals surface area contributed by atoms with Crippen LogP contribution in [0, 0.1) is 6.92 Å². The molecule has 0 spiro atoms. The van der Waals surface area contributed by atoms with Crippen LogP contribution in [0.3, 0.4) is 0 Å². The Morgan fingerprint density at radius 3 is 2.63 bits per heavy atom. The van der Waals surface area contributed by atoms with Crippen molar-refractivity contribution in [3.63, 3.8) is 0 Å². The fourth-order valence-electron chi connectivity index (χ4n) is 2.25. The molecule has 3 nitrogen and oxygen atoms in total. The molecule has 0 fully saturated rings. The van der Waals surface area contributed by atoms with Crippen molar-refractivity contribution >= 4 is 11.7 Å². The zero-order chi connectivity index (χ0) is 13.2. The standard InChI is InChI=1S/C16H15NO2/c1-12-6-8-14(9-7-12)16(18)19-17-11-10-13-4-2-3-5-15(13)17/h2-9H,10-11H2,1H3. The number of carbonyl (C=O) groups is 1. The number of anilines is 1. The van der Waals surface area contributed by atoms with Crippen LogP contribution >= 0.6 is 0 Å². The molecule has 2 aromatic rings. The van der Waals surface area contributed by atoms with Crippen molar-refractivity contribution in [3.05, 3.63) is 65.2 Å². The maximum absolute atomic E-state index is 12.1. The van der Waals surface area contributed by atoms with E-state index >= 15 is 0 Å². The van der Waals surface area contributed by atoms with E-state index in [1.54, 1.807) is 17.2 Å². The Balaban J connectivity index is 1.76. The van der Waals surface area contributed by atoms with E-state index in [2.05, 4.69) is 6.07 Å². The second-order valence-electron chi connectivity index (χ2n) is 4.73. The molecule has 0 atom stereocenters. The van der Waals surface area contributed by atoms with Crippen molar-refractivity contribution in [1.29, 1.82) is 0 Å². The summed E-state index contributed by atoms with van der Waals surface area (Å²) in [4.78, 5) is 17.5. The molecule has 2 aromatic carbocycles. The zero-order valence-corrected chi connectivity index (χ0v) is 10.8. The molecule has 0 radical (unpaired) electrons. The molecule has 3 heteroatoms. The molecule has 0 bridgehead atoms. The topological polar surface area (TPSA) is 29.5 Å². The Morgan fingerprint density at radius 2 is 1.84 bits per heavy atom. The van der Waals surface area contributed by atoms with E-state index in [-0.39, 0.29) is 5.97 Å². The summed E-state index contributed by atoms with van der Waals surface area (Å²) >= 11 is 0. The molecule has 0 aliphatic carbocycles. The van der Waals surface area contributed by atoms with Gasteiger partial charge in [0.05, 0.1) is 17.8 Å². The first-order valence-electron chi connectivity index (χ1n) is 6.38. The lowest BCUT2D eigenvalue weighted by Gasteiger charge is -2.18. The van der Waals surface area contributed by atoms with E-state index in [1.165, 1.54) is 5.56 Å². The van der Waals surface area contributed by atoms with Crippen molar-refractivity contribution in [2.45, 2.75) is 13.3 Å². The number of hydroxylamine groups is 1.